The molecule has 9 heteroatoms. The molecular formula is C17H23FN4O2S2. The van der Waals surface area contributed by atoms with Gasteiger partial charge >= 0.3 is 0 Å². The molecule has 1 aromatic heterocycles. The van der Waals surface area contributed by atoms with Crippen LogP contribution in [-0.4, -0.2) is 61.2 Å². The maximum atomic E-state index is 13.0. The van der Waals surface area contributed by atoms with E-state index < -0.39 is 9.84 Å². The van der Waals surface area contributed by atoms with Crippen LogP contribution in [0.15, 0.2) is 24.3 Å². The largest absolute Gasteiger partial charge is 0.357 e. The summed E-state index contributed by atoms with van der Waals surface area (Å²) in [7, 11) is -2.91. The first-order chi connectivity index (χ1) is 12.4. The average Bonchev–Trinajstić information content (AvgIpc) is 3.03. The van der Waals surface area contributed by atoms with Crippen molar-refractivity contribution < 1.29 is 12.8 Å². The predicted molar refractivity (Wildman–Crippen MR) is 102 cm³/mol. The first kappa shape index (κ1) is 19.2. The van der Waals surface area contributed by atoms with Gasteiger partial charge in [0.05, 0.1) is 5.75 Å². The highest BCUT2D eigenvalue weighted by Crippen LogP contribution is 2.22. The van der Waals surface area contributed by atoms with Crippen LogP contribution in [0.2, 0.25) is 0 Å². The highest BCUT2D eigenvalue weighted by atomic mass is 32.2. The molecule has 0 unspecified atom stereocenters. The lowest BCUT2D eigenvalue weighted by Crippen LogP contribution is -2.41. The zero-order chi connectivity index (χ0) is 18.6. The van der Waals surface area contributed by atoms with Gasteiger partial charge < -0.3 is 10.2 Å². The van der Waals surface area contributed by atoms with Crippen LogP contribution in [0.1, 0.15) is 23.4 Å². The first-order valence-corrected chi connectivity index (χ1v) is 11.5. The second kappa shape index (κ2) is 8.41. The fraction of sp³-hybridized carbons (Fsp3) is 0.529. The van der Waals surface area contributed by atoms with Crippen molar-refractivity contribution in [2.75, 3.05) is 37.0 Å². The number of aromatic nitrogens is 2. The summed E-state index contributed by atoms with van der Waals surface area (Å²) in [4.78, 5) is 2.19. The molecule has 26 heavy (non-hydrogen) atoms. The third-order valence-electron chi connectivity index (χ3n) is 4.43. The lowest BCUT2D eigenvalue weighted by atomic mass is 10.1. The predicted octanol–water partition coefficient (Wildman–Crippen LogP) is 2.19. The lowest BCUT2D eigenvalue weighted by Gasteiger charge is -2.31. The summed E-state index contributed by atoms with van der Waals surface area (Å²) < 4.78 is 35.5. The molecular weight excluding hydrogens is 375 g/mol. The monoisotopic (exact) mass is 398 g/mol. The fourth-order valence-electron chi connectivity index (χ4n) is 2.93. The molecule has 0 atom stereocenters. The number of piperidine rings is 1. The Kier molecular flexibility index (Phi) is 6.20. The van der Waals surface area contributed by atoms with Crippen LogP contribution in [0, 0.1) is 5.82 Å². The average molecular weight is 399 g/mol. The van der Waals surface area contributed by atoms with E-state index in [1.54, 1.807) is 12.1 Å². The second-order valence-corrected chi connectivity index (χ2v) is 10.0. The Hall–Kier alpha value is -1.58. The molecule has 2 heterocycles. The van der Waals surface area contributed by atoms with Gasteiger partial charge in [-0.15, -0.1) is 10.2 Å². The zero-order valence-corrected chi connectivity index (χ0v) is 16.3. The molecule has 2 aromatic rings. The molecule has 142 valence electrons. The van der Waals surface area contributed by atoms with E-state index in [0.29, 0.717) is 19.0 Å². The number of hydrogen-bond donors (Lipinski definition) is 1. The Morgan fingerprint density at radius 2 is 1.92 bits per heavy atom. The molecule has 1 fully saturated rings. The Bertz CT molecular complexity index is 816. The number of sulfone groups is 1. The van der Waals surface area contributed by atoms with Crippen LogP contribution in [0.5, 0.6) is 0 Å². The molecule has 1 saturated heterocycles. The Morgan fingerprint density at radius 1 is 1.23 bits per heavy atom. The topological polar surface area (TPSA) is 75.2 Å². The van der Waals surface area contributed by atoms with Crippen molar-refractivity contribution in [2.24, 2.45) is 0 Å². The van der Waals surface area contributed by atoms with Crippen molar-refractivity contribution in [3.05, 3.63) is 40.7 Å². The molecule has 1 aliphatic heterocycles. The molecule has 0 bridgehead atoms. The van der Waals surface area contributed by atoms with Crippen LogP contribution in [0.25, 0.3) is 0 Å². The van der Waals surface area contributed by atoms with Gasteiger partial charge in [0.2, 0.25) is 5.13 Å². The highest BCUT2D eigenvalue weighted by molar-refractivity contribution is 7.90. The van der Waals surface area contributed by atoms with E-state index in [9.17, 15) is 12.8 Å². The third kappa shape index (κ3) is 6.00. The van der Waals surface area contributed by atoms with Crippen LogP contribution < -0.4 is 5.32 Å². The van der Waals surface area contributed by atoms with Gasteiger partial charge in [-0.05, 0) is 30.5 Å². The fourth-order valence-corrected chi connectivity index (χ4v) is 4.37. The van der Waals surface area contributed by atoms with Crippen molar-refractivity contribution in [1.29, 1.82) is 0 Å². The number of halogens is 1. The number of anilines is 1. The summed E-state index contributed by atoms with van der Waals surface area (Å²) in [6.45, 7) is 2.37. The van der Waals surface area contributed by atoms with Crippen LogP contribution in [0.4, 0.5) is 9.52 Å². The Balaban J connectivity index is 1.45. The number of likely N-dealkylation sites (tertiary alicyclic amines) is 1. The molecule has 0 amide bonds. The first-order valence-electron chi connectivity index (χ1n) is 8.61. The highest BCUT2D eigenvalue weighted by Gasteiger charge is 2.21. The molecule has 1 N–H and O–H groups in total. The van der Waals surface area contributed by atoms with E-state index in [1.165, 1.54) is 29.7 Å². The van der Waals surface area contributed by atoms with Gasteiger partial charge in [0.1, 0.15) is 20.7 Å². The molecule has 0 radical (unpaired) electrons. The molecule has 1 aromatic carbocycles. The minimum atomic E-state index is -2.91. The summed E-state index contributed by atoms with van der Waals surface area (Å²) in [6.07, 6.45) is 3.83. The molecule has 0 saturated carbocycles. The van der Waals surface area contributed by atoms with Crippen molar-refractivity contribution in [3.63, 3.8) is 0 Å². The van der Waals surface area contributed by atoms with Crippen molar-refractivity contribution in [3.8, 4) is 0 Å². The van der Waals surface area contributed by atoms with Gasteiger partial charge in [-0.3, -0.25) is 0 Å². The van der Waals surface area contributed by atoms with E-state index in [2.05, 4.69) is 20.4 Å². The van der Waals surface area contributed by atoms with Crippen LogP contribution in [-0.2, 0) is 16.3 Å². The van der Waals surface area contributed by atoms with E-state index in [0.717, 1.165) is 41.6 Å². The van der Waals surface area contributed by atoms with Crippen LogP contribution >= 0.6 is 11.3 Å². The minimum Gasteiger partial charge on any atom is -0.357 e. The third-order valence-corrected chi connectivity index (χ3v) is 6.21. The molecule has 6 nitrogen and oxygen atoms in total. The number of nitrogens with one attached hydrogen (secondary N) is 1. The second-order valence-electron chi connectivity index (χ2n) is 6.69. The Labute approximate surface area is 157 Å². The lowest BCUT2D eigenvalue weighted by molar-refractivity contribution is 0.230. The van der Waals surface area contributed by atoms with Gasteiger partial charge in [0, 0.05) is 38.4 Å². The summed E-state index contributed by atoms with van der Waals surface area (Å²) >= 11 is 1.52. The van der Waals surface area contributed by atoms with E-state index in [-0.39, 0.29) is 11.6 Å². The molecule has 1 aliphatic rings. The van der Waals surface area contributed by atoms with Gasteiger partial charge in [-0.25, -0.2) is 12.8 Å². The van der Waals surface area contributed by atoms with E-state index in [1.807, 2.05) is 0 Å². The van der Waals surface area contributed by atoms with Gasteiger partial charge in [-0.1, -0.05) is 23.5 Å². The normalized spacial score (nSPS) is 16.7. The Morgan fingerprint density at radius 3 is 2.58 bits per heavy atom. The van der Waals surface area contributed by atoms with Crippen molar-refractivity contribution in [1.82, 2.24) is 15.1 Å². The van der Waals surface area contributed by atoms with Crippen molar-refractivity contribution in [2.45, 2.75) is 25.3 Å². The standard InChI is InChI=1S/C17H23FN4O2S2/c1-26(23,24)11-10-22-8-6-15(7-9-22)19-17-21-20-16(25-17)12-13-2-4-14(18)5-3-13/h2-5,15H,6-12H2,1H3,(H,19,21). The summed E-state index contributed by atoms with van der Waals surface area (Å²) in [6, 6.07) is 6.75. The van der Waals surface area contributed by atoms with E-state index >= 15 is 0 Å². The van der Waals surface area contributed by atoms with Crippen molar-refractivity contribution >= 4 is 26.3 Å². The number of benzene rings is 1. The van der Waals surface area contributed by atoms with Gasteiger partial charge in [0.25, 0.3) is 0 Å². The van der Waals surface area contributed by atoms with Gasteiger partial charge in [-0.2, -0.15) is 0 Å². The smallest absolute Gasteiger partial charge is 0.205 e. The maximum Gasteiger partial charge on any atom is 0.205 e. The minimum absolute atomic E-state index is 0.217. The number of hydrogen-bond acceptors (Lipinski definition) is 7. The SMILES string of the molecule is CS(=O)(=O)CCN1CCC(Nc2nnc(Cc3ccc(F)cc3)s2)CC1. The molecule has 0 aliphatic carbocycles. The number of rotatable bonds is 7. The number of nitrogens with zero attached hydrogens (tertiary/aromatic N) is 3. The zero-order valence-electron chi connectivity index (χ0n) is 14.7. The molecule has 0 spiro atoms. The summed E-state index contributed by atoms with van der Waals surface area (Å²) in [5.74, 6) is -0.0231. The molecule has 3 rings (SSSR count). The summed E-state index contributed by atoms with van der Waals surface area (Å²) in [5.41, 5.74) is 1.01. The summed E-state index contributed by atoms with van der Waals surface area (Å²) in [5, 5.41) is 13.5. The quantitative estimate of drug-likeness (QED) is 0.771. The van der Waals surface area contributed by atoms with Crippen LogP contribution in [0.3, 0.4) is 0 Å². The van der Waals surface area contributed by atoms with E-state index in [4.69, 9.17) is 0 Å². The maximum absolute atomic E-state index is 13.0. The van der Waals surface area contributed by atoms with Gasteiger partial charge in [0.15, 0.2) is 0 Å².